The third kappa shape index (κ3) is 4.12. The zero-order valence-corrected chi connectivity index (χ0v) is 19.0. The van der Waals surface area contributed by atoms with Crippen LogP contribution >= 0.6 is 0 Å². The van der Waals surface area contributed by atoms with E-state index in [0.717, 1.165) is 4.31 Å². The molecule has 4 rings (SSSR count). The van der Waals surface area contributed by atoms with Crippen LogP contribution in [0.25, 0.3) is 10.9 Å². The summed E-state index contributed by atoms with van der Waals surface area (Å²) < 4.78 is 34.4. The van der Waals surface area contributed by atoms with Gasteiger partial charge in [0.05, 0.1) is 28.8 Å². The topological polar surface area (TPSA) is 85.7 Å². The maximum Gasteiger partial charge on any atom is 0.340 e. The van der Waals surface area contributed by atoms with Crippen molar-refractivity contribution in [3.05, 3.63) is 96.2 Å². The first-order chi connectivity index (χ1) is 15.8. The van der Waals surface area contributed by atoms with E-state index in [2.05, 4.69) is 0 Å². The van der Waals surface area contributed by atoms with Crippen molar-refractivity contribution in [2.75, 3.05) is 18.0 Å². The largest absolute Gasteiger partial charge is 0.465 e. The maximum absolute atomic E-state index is 13.6. The third-order valence-electron chi connectivity index (χ3n) is 5.38. The van der Waals surface area contributed by atoms with E-state index in [1.807, 2.05) is 0 Å². The molecule has 168 valence electrons. The van der Waals surface area contributed by atoms with Crippen LogP contribution in [0.2, 0.25) is 0 Å². The van der Waals surface area contributed by atoms with Crippen molar-refractivity contribution >= 4 is 38.5 Å². The number of ether oxygens (including phenoxy) is 1. The van der Waals surface area contributed by atoms with Gasteiger partial charge in [0.15, 0.2) is 0 Å². The average molecular weight is 463 g/mol. The highest BCUT2D eigenvalue weighted by molar-refractivity contribution is 7.92. The van der Waals surface area contributed by atoms with Crippen LogP contribution in [0.1, 0.15) is 20.7 Å². The second-order valence-electron chi connectivity index (χ2n) is 7.43. The van der Waals surface area contributed by atoms with Crippen LogP contribution in [0.3, 0.4) is 0 Å². The SMILES string of the molecule is COC(=O)c1cn(C(=O)CN(c2ccccc2C)S(=O)(=O)c2ccccc2)c2ccccc12. The predicted molar refractivity (Wildman–Crippen MR) is 126 cm³/mol. The molecule has 7 nitrogen and oxygen atoms in total. The van der Waals surface area contributed by atoms with Crippen molar-refractivity contribution in [2.24, 2.45) is 0 Å². The number of fused-ring (bicyclic) bond motifs is 1. The van der Waals surface area contributed by atoms with E-state index in [-0.39, 0.29) is 10.5 Å². The van der Waals surface area contributed by atoms with Crippen molar-refractivity contribution < 1.29 is 22.7 Å². The summed E-state index contributed by atoms with van der Waals surface area (Å²) in [5.41, 5.74) is 1.83. The van der Waals surface area contributed by atoms with Crippen LogP contribution in [0, 0.1) is 6.92 Å². The van der Waals surface area contributed by atoms with Crippen molar-refractivity contribution in [2.45, 2.75) is 11.8 Å². The first-order valence-electron chi connectivity index (χ1n) is 10.2. The summed E-state index contributed by atoms with van der Waals surface area (Å²) in [6.45, 7) is 1.33. The molecular weight excluding hydrogens is 440 g/mol. The number of hydrogen-bond donors (Lipinski definition) is 0. The van der Waals surface area contributed by atoms with Gasteiger partial charge in [-0.2, -0.15) is 0 Å². The number of benzene rings is 3. The fraction of sp³-hybridized carbons (Fsp3) is 0.120. The van der Waals surface area contributed by atoms with Crippen molar-refractivity contribution in [3.8, 4) is 0 Å². The Morgan fingerprint density at radius 2 is 1.55 bits per heavy atom. The van der Waals surface area contributed by atoms with Crippen LogP contribution < -0.4 is 4.31 Å². The van der Waals surface area contributed by atoms with Gasteiger partial charge in [-0.05, 0) is 36.8 Å². The molecule has 1 aromatic heterocycles. The first kappa shape index (κ1) is 22.3. The zero-order chi connectivity index (χ0) is 23.6. The van der Waals surface area contributed by atoms with E-state index in [4.69, 9.17) is 4.74 Å². The summed E-state index contributed by atoms with van der Waals surface area (Å²) >= 11 is 0. The molecule has 0 fully saturated rings. The fourth-order valence-corrected chi connectivity index (χ4v) is 5.22. The standard InChI is InChI=1S/C25H22N2O5S/c1-18-10-6-8-14-22(18)27(33(30,31)19-11-4-3-5-12-19)17-24(28)26-16-21(25(29)32-2)20-13-7-9-15-23(20)26/h3-16H,17H2,1-2H3. The molecule has 0 radical (unpaired) electrons. The number of carbonyl (C=O) groups is 2. The van der Waals surface area contributed by atoms with E-state index in [1.165, 1.54) is 30.0 Å². The Morgan fingerprint density at radius 3 is 2.24 bits per heavy atom. The number of carbonyl (C=O) groups excluding carboxylic acids is 2. The lowest BCUT2D eigenvalue weighted by Crippen LogP contribution is -2.38. The van der Waals surface area contributed by atoms with Gasteiger partial charge in [-0.15, -0.1) is 0 Å². The summed E-state index contributed by atoms with van der Waals surface area (Å²) in [5, 5.41) is 0.547. The first-order valence-corrected chi connectivity index (χ1v) is 11.6. The quantitative estimate of drug-likeness (QED) is 0.400. The number of aryl methyl sites for hydroxylation is 1. The normalized spacial score (nSPS) is 11.3. The van der Waals surface area contributed by atoms with Gasteiger partial charge in [0, 0.05) is 11.6 Å². The molecule has 4 aromatic rings. The van der Waals surface area contributed by atoms with Gasteiger partial charge in [0.25, 0.3) is 15.9 Å². The molecule has 0 amide bonds. The summed E-state index contributed by atoms with van der Waals surface area (Å²) in [6.07, 6.45) is 1.39. The van der Waals surface area contributed by atoms with Crippen molar-refractivity contribution in [1.82, 2.24) is 4.57 Å². The number of sulfonamides is 1. The Morgan fingerprint density at radius 1 is 0.909 bits per heavy atom. The molecule has 0 spiro atoms. The minimum atomic E-state index is -4.04. The van der Waals surface area contributed by atoms with Crippen LogP contribution in [-0.2, 0) is 14.8 Å². The van der Waals surface area contributed by atoms with Gasteiger partial charge >= 0.3 is 5.97 Å². The average Bonchev–Trinajstić information content (AvgIpc) is 3.23. The Bertz CT molecular complexity index is 1440. The van der Waals surface area contributed by atoms with Gasteiger partial charge in [-0.3, -0.25) is 13.7 Å². The number of methoxy groups -OCH3 is 1. The number of aromatic nitrogens is 1. The lowest BCUT2D eigenvalue weighted by Gasteiger charge is -2.25. The molecule has 1 heterocycles. The third-order valence-corrected chi connectivity index (χ3v) is 7.15. The summed E-state index contributed by atoms with van der Waals surface area (Å²) in [7, 11) is -2.77. The van der Waals surface area contributed by atoms with Gasteiger partial charge in [-0.1, -0.05) is 54.6 Å². The maximum atomic E-state index is 13.6. The predicted octanol–water partition coefficient (Wildman–Crippen LogP) is 4.27. The molecule has 0 aliphatic rings. The van der Waals surface area contributed by atoms with Crippen LogP contribution in [0.15, 0.2) is 90.0 Å². The Kier molecular flexibility index (Phi) is 6.02. The summed E-state index contributed by atoms with van der Waals surface area (Å²) in [5.74, 6) is -1.09. The van der Waals surface area contributed by atoms with E-state index >= 15 is 0 Å². The molecule has 0 N–H and O–H groups in total. The van der Waals surface area contributed by atoms with E-state index in [1.54, 1.807) is 73.7 Å². The molecule has 33 heavy (non-hydrogen) atoms. The molecule has 0 unspecified atom stereocenters. The number of nitrogens with zero attached hydrogens (tertiary/aromatic N) is 2. The van der Waals surface area contributed by atoms with Gasteiger partial charge in [0.1, 0.15) is 6.54 Å². The molecule has 0 aliphatic carbocycles. The van der Waals surface area contributed by atoms with Gasteiger partial charge in [0.2, 0.25) is 0 Å². The number of para-hydroxylation sites is 2. The molecule has 0 aliphatic heterocycles. The second-order valence-corrected chi connectivity index (χ2v) is 9.29. The molecular formula is C25H22N2O5S. The van der Waals surface area contributed by atoms with E-state index < -0.39 is 28.4 Å². The molecule has 0 atom stereocenters. The van der Waals surface area contributed by atoms with E-state index in [9.17, 15) is 18.0 Å². The lowest BCUT2D eigenvalue weighted by molar-refractivity contribution is 0.0603. The molecule has 8 heteroatoms. The minimum Gasteiger partial charge on any atom is -0.465 e. The number of anilines is 1. The smallest absolute Gasteiger partial charge is 0.340 e. The highest BCUT2D eigenvalue weighted by Gasteiger charge is 2.29. The van der Waals surface area contributed by atoms with Gasteiger partial charge < -0.3 is 4.74 Å². The van der Waals surface area contributed by atoms with Crippen LogP contribution in [0.5, 0.6) is 0 Å². The minimum absolute atomic E-state index is 0.0775. The fourth-order valence-electron chi connectivity index (χ4n) is 3.72. The molecule has 3 aromatic carbocycles. The van der Waals surface area contributed by atoms with Crippen LogP contribution in [0.4, 0.5) is 5.69 Å². The number of esters is 1. The number of rotatable bonds is 6. The second kappa shape index (κ2) is 8.91. The highest BCUT2D eigenvalue weighted by atomic mass is 32.2. The Hall–Kier alpha value is -3.91. The number of hydrogen-bond acceptors (Lipinski definition) is 5. The van der Waals surface area contributed by atoms with Crippen molar-refractivity contribution in [1.29, 1.82) is 0 Å². The van der Waals surface area contributed by atoms with Crippen LogP contribution in [-0.4, -0.2) is 38.5 Å². The molecule has 0 saturated carbocycles. The highest BCUT2D eigenvalue weighted by Crippen LogP contribution is 2.28. The lowest BCUT2D eigenvalue weighted by atomic mass is 10.2. The summed E-state index contributed by atoms with van der Waals surface area (Å²) in [6, 6.07) is 21.9. The molecule has 0 bridgehead atoms. The summed E-state index contributed by atoms with van der Waals surface area (Å²) in [4.78, 5) is 25.8. The molecule has 0 saturated heterocycles. The Balaban J connectivity index is 1.82. The zero-order valence-electron chi connectivity index (χ0n) is 18.1. The monoisotopic (exact) mass is 462 g/mol. The van der Waals surface area contributed by atoms with E-state index in [0.29, 0.717) is 22.2 Å². The Labute approximate surface area is 191 Å². The van der Waals surface area contributed by atoms with Gasteiger partial charge in [-0.25, -0.2) is 13.2 Å². The van der Waals surface area contributed by atoms with Crippen molar-refractivity contribution in [3.63, 3.8) is 0 Å².